The summed E-state index contributed by atoms with van der Waals surface area (Å²) in [5, 5.41) is 4.23. The zero-order valence-electron chi connectivity index (χ0n) is 11.4. The lowest BCUT2D eigenvalue weighted by Gasteiger charge is -2.44. The molecule has 0 saturated carbocycles. The van der Waals surface area contributed by atoms with Crippen molar-refractivity contribution in [1.82, 2.24) is 5.32 Å². The van der Waals surface area contributed by atoms with E-state index < -0.39 is 0 Å². The quantitative estimate of drug-likeness (QED) is 0.903. The highest BCUT2D eigenvalue weighted by Crippen LogP contribution is 2.36. The van der Waals surface area contributed by atoms with Gasteiger partial charge < -0.3 is 10.1 Å². The van der Waals surface area contributed by atoms with Crippen molar-refractivity contribution in [1.29, 1.82) is 0 Å². The minimum absolute atomic E-state index is 0.0706. The van der Waals surface area contributed by atoms with Gasteiger partial charge in [-0.15, -0.1) is 0 Å². The summed E-state index contributed by atoms with van der Waals surface area (Å²) in [5.74, 6) is 0. The Balaban J connectivity index is 2.05. The second-order valence-corrected chi connectivity index (χ2v) is 6.48. The molecule has 1 aliphatic heterocycles. The van der Waals surface area contributed by atoms with Crippen LogP contribution < -0.4 is 5.32 Å². The van der Waals surface area contributed by atoms with Crippen LogP contribution >= 0.6 is 11.6 Å². The molecule has 100 valence electrons. The maximum Gasteiger partial charge on any atom is 0.0598 e. The van der Waals surface area contributed by atoms with Gasteiger partial charge in [0.05, 0.1) is 5.60 Å². The molecule has 0 aromatic heterocycles. The van der Waals surface area contributed by atoms with Crippen LogP contribution in [0.3, 0.4) is 0 Å². The lowest BCUT2D eigenvalue weighted by molar-refractivity contribution is -0.0156. The zero-order valence-corrected chi connectivity index (χ0v) is 12.2. The third-order valence-electron chi connectivity index (χ3n) is 3.49. The third kappa shape index (κ3) is 3.05. The lowest BCUT2D eigenvalue weighted by Crippen LogP contribution is -2.57. The Bertz CT molecular complexity index is 407. The monoisotopic (exact) mass is 267 g/mol. The van der Waals surface area contributed by atoms with Crippen molar-refractivity contribution < 1.29 is 4.74 Å². The highest BCUT2D eigenvalue weighted by Gasteiger charge is 2.39. The Morgan fingerprint density at radius 3 is 2.44 bits per heavy atom. The summed E-state index contributed by atoms with van der Waals surface area (Å²) in [5.41, 5.74) is 1.34. The molecule has 1 N–H and O–H groups in total. The molecular weight excluding hydrogens is 246 g/mol. The van der Waals surface area contributed by atoms with Crippen LogP contribution in [0.1, 0.15) is 32.8 Å². The van der Waals surface area contributed by atoms with Crippen molar-refractivity contribution in [2.24, 2.45) is 0 Å². The van der Waals surface area contributed by atoms with Crippen LogP contribution in [0.2, 0.25) is 5.02 Å². The van der Waals surface area contributed by atoms with Crippen molar-refractivity contribution in [3.63, 3.8) is 0 Å². The van der Waals surface area contributed by atoms with Gasteiger partial charge in [-0.05, 0) is 38.8 Å². The number of hydrogen-bond donors (Lipinski definition) is 1. The first kappa shape index (κ1) is 13.9. The van der Waals surface area contributed by atoms with Crippen LogP contribution in [0.5, 0.6) is 0 Å². The molecule has 1 heterocycles. The van der Waals surface area contributed by atoms with Crippen LogP contribution in [-0.2, 0) is 10.2 Å². The van der Waals surface area contributed by atoms with E-state index in [1.54, 1.807) is 0 Å². The molecule has 0 spiro atoms. The fourth-order valence-electron chi connectivity index (χ4n) is 2.37. The van der Waals surface area contributed by atoms with Crippen molar-refractivity contribution in [2.75, 3.05) is 19.7 Å². The van der Waals surface area contributed by atoms with Gasteiger partial charge in [0.25, 0.3) is 0 Å². The maximum atomic E-state index is 6.32. The summed E-state index contributed by atoms with van der Waals surface area (Å²) in [6.45, 7) is 9.03. The van der Waals surface area contributed by atoms with Crippen LogP contribution in [-0.4, -0.2) is 25.3 Å². The molecule has 2 rings (SSSR count). The van der Waals surface area contributed by atoms with Gasteiger partial charge in [0, 0.05) is 30.1 Å². The van der Waals surface area contributed by atoms with Crippen LogP contribution in [0.15, 0.2) is 24.3 Å². The standard InChI is InChI=1S/C15H22ClNO/c1-14(2,3)18-9-8-15(10-17-11-15)12-6-4-5-7-13(12)16/h4-7,17H,8-11H2,1-3H3. The molecule has 0 atom stereocenters. The van der Waals surface area contributed by atoms with Gasteiger partial charge in [-0.2, -0.15) is 0 Å². The minimum Gasteiger partial charge on any atom is -0.376 e. The van der Waals surface area contributed by atoms with Gasteiger partial charge in [0.1, 0.15) is 0 Å². The molecule has 3 heteroatoms. The van der Waals surface area contributed by atoms with Crippen LogP contribution in [0.25, 0.3) is 0 Å². The number of hydrogen-bond acceptors (Lipinski definition) is 2. The zero-order chi connectivity index (χ0) is 13.2. The molecule has 1 aliphatic rings. The molecule has 2 nitrogen and oxygen atoms in total. The number of ether oxygens (including phenoxy) is 1. The second kappa shape index (κ2) is 5.20. The first-order valence-corrected chi connectivity index (χ1v) is 6.90. The van der Waals surface area contributed by atoms with Crippen molar-refractivity contribution >= 4 is 11.6 Å². The topological polar surface area (TPSA) is 21.3 Å². The summed E-state index contributed by atoms with van der Waals surface area (Å²) >= 11 is 6.32. The van der Waals surface area contributed by atoms with E-state index in [2.05, 4.69) is 38.2 Å². The van der Waals surface area contributed by atoms with Gasteiger partial charge in [-0.3, -0.25) is 0 Å². The van der Waals surface area contributed by atoms with Gasteiger partial charge in [0.2, 0.25) is 0 Å². The number of halogens is 1. The van der Waals surface area contributed by atoms with E-state index in [1.807, 2.05) is 12.1 Å². The third-order valence-corrected chi connectivity index (χ3v) is 3.82. The second-order valence-electron chi connectivity index (χ2n) is 6.07. The molecule has 0 radical (unpaired) electrons. The normalized spacial score (nSPS) is 18.4. The van der Waals surface area contributed by atoms with E-state index in [-0.39, 0.29) is 11.0 Å². The van der Waals surface area contributed by atoms with Crippen molar-refractivity contribution in [2.45, 2.75) is 38.2 Å². The van der Waals surface area contributed by atoms with Crippen LogP contribution in [0, 0.1) is 0 Å². The summed E-state index contributed by atoms with van der Waals surface area (Å²) in [4.78, 5) is 0. The summed E-state index contributed by atoms with van der Waals surface area (Å²) in [6, 6.07) is 8.16. The Kier molecular flexibility index (Phi) is 4.00. The van der Waals surface area contributed by atoms with E-state index >= 15 is 0 Å². The Morgan fingerprint density at radius 2 is 1.94 bits per heavy atom. The summed E-state index contributed by atoms with van der Waals surface area (Å²) in [6.07, 6.45) is 1.01. The molecule has 1 saturated heterocycles. The molecule has 1 aromatic carbocycles. The lowest BCUT2D eigenvalue weighted by atomic mass is 9.73. The van der Waals surface area contributed by atoms with E-state index in [0.717, 1.165) is 31.1 Å². The Hall–Kier alpha value is -0.570. The van der Waals surface area contributed by atoms with Gasteiger partial charge in [-0.25, -0.2) is 0 Å². The van der Waals surface area contributed by atoms with Crippen molar-refractivity contribution in [3.8, 4) is 0 Å². The largest absolute Gasteiger partial charge is 0.376 e. The maximum absolute atomic E-state index is 6.32. The SMILES string of the molecule is CC(C)(C)OCCC1(c2ccccc2Cl)CNC1. The molecule has 1 fully saturated rings. The molecule has 0 bridgehead atoms. The minimum atomic E-state index is -0.0706. The van der Waals surface area contributed by atoms with E-state index in [9.17, 15) is 0 Å². The van der Waals surface area contributed by atoms with E-state index in [1.165, 1.54) is 5.56 Å². The summed E-state index contributed by atoms with van der Waals surface area (Å²) < 4.78 is 5.85. The fourth-order valence-corrected chi connectivity index (χ4v) is 2.71. The molecule has 1 aromatic rings. The van der Waals surface area contributed by atoms with Gasteiger partial charge in [-0.1, -0.05) is 29.8 Å². The highest BCUT2D eigenvalue weighted by molar-refractivity contribution is 6.31. The Morgan fingerprint density at radius 1 is 1.28 bits per heavy atom. The highest BCUT2D eigenvalue weighted by atomic mass is 35.5. The predicted octanol–water partition coefficient (Wildman–Crippen LogP) is 3.39. The van der Waals surface area contributed by atoms with Crippen molar-refractivity contribution in [3.05, 3.63) is 34.9 Å². The number of nitrogens with one attached hydrogen (secondary N) is 1. The smallest absolute Gasteiger partial charge is 0.0598 e. The molecule has 0 amide bonds. The molecule has 0 aliphatic carbocycles. The first-order valence-electron chi connectivity index (χ1n) is 6.53. The molecule has 0 unspecified atom stereocenters. The summed E-state index contributed by atoms with van der Waals surface area (Å²) in [7, 11) is 0. The molecule has 18 heavy (non-hydrogen) atoms. The predicted molar refractivity (Wildman–Crippen MR) is 76.3 cm³/mol. The van der Waals surface area contributed by atoms with E-state index in [4.69, 9.17) is 16.3 Å². The molecular formula is C15H22ClNO. The van der Waals surface area contributed by atoms with Crippen LogP contribution in [0.4, 0.5) is 0 Å². The van der Waals surface area contributed by atoms with Gasteiger partial charge in [0.15, 0.2) is 0 Å². The first-order chi connectivity index (χ1) is 8.43. The number of benzene rings is 1. The fraction of sp³-hybridized carbons (Fsp3) is 0.600. The number of rotatable bonds is 4. The average molecular weight is 268 g/mol. The van der Waals surface area contributed by atoms with Gasteiger partial charge >= 0.3 is 0 Å². The average Bonchev–Trinajstić information content (AvgIpc) is 2.22. The van der Waals surface area contributed by atoms with E-state index in [0.29, 0.717) is 0 Å². The Labute approximate surface area is 115 Å².